The molecule has 7 nitrogen and oxygen atoms in total. The van der Waals surface area contributed by atoms with E-state index in [1.165, 1.54) is 50.3 Å². The van der Waals surface area contributed by atoms with Gasteiger partial charge < -0.3 is 20.3 Å². The predicted molar refractivity (Wildman–Crippen MR) is 131 cm³/mol. The normalized spacial score (nSPS) is 23.6. The van der Waals surface area contributed by atoms with E-state index in [1.54, 1.807) is 4.90 Å². The number of nitrogens with two attached hydrogens (primary N) is 1. The standard InChI is InChI=1S/C20H37N5O2S.HI/c1-19(2,3)27-18(26)24-10-8-23(9-11-24)17(21)22-16-20(6-4-5-7-20)25-12-14-28-15-13-25;/h4-16H2,1-3H3,(H2,21,22);1H. The van der Waals surface area contributed by atoms with Crippen LogP contribution in [0.15, 0.2) is 4.99 Å². The van der Waals surface area contributed by atoms with Gasteiger partial charge in [0.25, 0.3) is 0 Å². The first kappa shape index (κ1) is 24.8. The predicted octanol–water partition coefficient (Wildman–Crippen LogP) is 2.83. The maximum Gasteiger partial charge on any atom is 0.410 e. The van der Waals surface area contributed by atoms with Gasteiger partial charge in [-0.05, 0) is 33.6 Å². The van der Waals surface area contributed by atoms with Crippen LogP contribution in [0.4, 0.5) is 4.79 Å². The molecular formula is C20H38IN5O2S. The second-order valence-electron chi connectivity index (χ2n) is 9.16. The molecule has 0 atom stereocenters. The highest BCUT2D eigenvalue weighted by molar-refractivity contribution is 14.0. The first-order valence-corrected chi connectivity index (χ1v) is 11.8. The number of aliphatic imine (C=N–C) groups is 1. The van der Waals surface area contributed by atoms with Gasteiger partial charge in [0, 0.05) is 56.3 Å². The molecule has 2 aliphatic heterocycles. The number of nitrogens with zero attached hydrogens (tertiary/aromatic N) is 4. The van der Waals surface area contributed by atoms with Crippen LogP contribution in [-0.2, 0) is 4.74 Å². The summed E-state index contributed by atoms with van der Waals surface area (Å²) >= 11 is 2.06. The number of carbonyl (C=O) groups is 1. The van der Waals surface area contributed by atoms with Gasteiger partial charge in [-0.3, -0.25) is 9.89 Å². The number of guanidine groups is 1. The zero-order valence-electron chi connectivity index (χ0n) is 18.2. The Bertz CT molecular complexity index is 564. The molecule has 0 bridgehead atoms. The quantitative estimate of drug-likeness (QED) is 0.338. The van der Waals surface area contributed by atoms with Crippen LogP contribution in [0.2, 0.25) is 0 Å². The number of amides is 1. The summed E-state index contributed by atoms with van der Waals surface area (Å²) in [5, 5.41) is 0. The Kier molecular flexibility index (Phi) is 9.21. The van der Waals surface area contributed by atoms with E-state index in [2.05, 4.69) is 21.6 Å². The van der Waals surface area contributed by atoms with Gasteiger partial charge in [0.1, 0.15) is 5.60 Å². The summed E-state index contributed by atoms with van der Waals surface area (Å²) in [7, 11) is 0. The van der Waals surface area contributed by atoms with E-state index in [0.717, 1.165) is 6.54 Å². The highest BCUT2D eigenvalue weighted by Crippen LogP contribution is 2.37. The summed E-state index contributed by atoms with van der Waals surface area (Å²) in [6, 6.07) is 0. The Hall–Kier alpha value is -0.420. The Morgan fingerprint density at radius 2 is 1.59 bits per heavy atom. The van der Waals surface area contributed by atoms with Crippen molar-refractivity contribution in [3.05, 3.63) is 0 Å². The van der Waals surface area contributed by atoms with Crippen molar-refractivity contribution in [2.24, 2.45) is 10.7 Å². The molecule has 9 heteroatoms. The van der Waals surface area contributed by atoms with E-state index in [0.29, 0.717) is 32.1 Å². The third-order valence-electron chi connectivity index (χ3n) is 6.01. The van der Waals surface area contributed by atoms with Crippen LogP contribution in [0.25, 0.3) is 0 Å². The summed E-state index contributed by atoms with van der Waals surface area (Å²) in [6.45, 7) is 11.5. The summed E-state index contributed by atoms with van der Waals surface area (Å²) in [5.74, 6) is 3.09. The van der Waals surface area contributed by atoms with Gasteiger partial charge >= 0.3 is 6.09 Å². The van der Waals surface area contributed by atoms with Crippen molar-refractivity contribution >= 4 is 47.8 Å². The number of rotatable bonds is 3. The van der Waals surface area contributed by atoms with Gasteiger partial charge in [-0.25, -0.2) is 4.79 Å². The zero-order valence-corrected chi connectivity index (χ0v) is 21.3. The Morgan fingerprint density at radius 3 is 2.14 bits per heavy atom. The lowest BCUT2D eigenvalue weighted by atomic mass is 9.95. The highest BCUT2D eigenvalue weighted by atomic mass is 127. The van der Waals surface area contributed by atoms with Crippen molar-refractivity contribution in [2.75, 3.05) is 57.3 Å². The Labute approximate surface area is 197 Å². The molecule has 1 amide bonds. The van der Waals surface area contributed by atoms with Crippen molar-refractivity contribution in [1.82, 2.24) is 14.7 Å². The van der Waals surface area contributed by atoms with Crippen molar-refractivity contribution in [3.63, 3.8) is 0 Å². The van der Waals surface area contributed by atoms with E-state index < -0.39 is 5.60 Å². The number of carbonyl (C=O) groups excluding carboxylic acids is 1. The minimum atomic E-state index is -0.461. The summed E-state index contributed by atoms with van der Waals surface area (Å²) in [4.78, 5) is 23.6. The molecule has 1 aliphatic carbocycles. The van der Waals surface area contributed by atoms with Crippen LogP contribution >= 0.6 is 35.7 Å². The molecule has 3 aliphatic rings. The van der Waals surface area contributed by atoms with E-state index in [-0.39, 0.29) is 35.6 Å². The first-order valence-electron chi connectivity index (χ1n) is 10.6. The van der Waals surface area contributed by atoms with Crippen LogP contribution in [0.5, 0.6) is 0 Å². The van der Waals surface area contributed by atoms with E-state index in [4.69, 9.17) is 15.5 Å². The molecule has 0 spiro atoms. The average molecular weight is 540 g/mol. The van der Waals surface area contributed by atoms with Crippen LogP contribution < -0.4 is 5.73 Å². The molecule has 3 rings (SSSR count). The maximum absolute atomic E-state index is 12.2. The number of halogens is 1. The van der Waals surface area contributed by atoms with Crippen LogP contribution in [0.3, 0.4) is 0 Å². The second-order valence-corrected chi connectivity index (χ2v) is 10.4. The lowest BCUT2D eigenvalue weighted by Gasteiger charge is -2.43. The fourth-order valence-electron chi connectivity index (χ4n) is 4.42. The third-order valence-corrected chi connectivity index (χ3v) is 6.95. The lowest BCUT2D eigenvalue weighted by Crippen LogP contribution is -2.55. The molecular weight excluding hydrogens is 501 g/mol. The largest absolute Gasteiger partial charge is 0.444 e. The fraction of sp³-hybridized carbons (Fsp3) is 0.900. The smallest absolute Gasteiger partial charge is 0.410 e. The molecule has 2 saturated heterocycles. The van der Waals surface area contributed by atoms with Gasteiger partial charge in [0.15, 0.2) is 5.96 Å². The van der Waals surface area contributed by atoms with Crippen molar-refractivity contribution < 1.29 is 9.53 Å². The van der Waals surface area contributed by atoms with Crippen LogP contribution in [0.1, 0.15) is 46.5 Å². The molecule has 0 radical (unpaired) electrons. The third kappa shape index (κ3) is 6.78. The molecule has 29 heavy (non-hydrogen) atoms. The van der Waals surface area contributed by atoms with Gasteiger partial charge in [0.2, 0.25) is 0 Å². The van der Waals surface area contributed by atoms with Crippen LogP contribution in [0, 0.1) is 0 Å². The summed E-state index contributed by atoms with van der Waals surface area (Å²) < 4.78 is 5.47. The monoisotopic (exact) mass is 539 g/mol. The van der Waals surface area contributed by atoms with Gasteiger partial charge in [0.05, 0.1) is 6.54 Å². The average Bonchev–Trinajstić information content (AvgIpc) is 3.16. The van der Waals surface area contributed by atoms with Gasteiger partial charge in [-0.2, -0.15) is 11.8 Å². The number of hydrogen-bond acceptors (Lipinski definition) is 5. The number of hydrogen-bond donors (Lipinski definition) is 1. The second kappa shape index (κ2) is 10.7. The van der Waals surface area contributed by atoms with Gasteiger partial charge in [-0.1, -0.05) is 12.8 Å². The van der Waals surface area contributed by atoms with Crippen molar-refractivity contribution in [1.29, 1.82) is 0 Å². The maximum atomic E-state index is 12.2. The molecule has 2 heterocycles. The molecule has 3 fully saturated rings. The van der Waals surface area contributed by atoms with E-state index >= 15 is 0 Å². The topological polar surface area (TPSA) is 74.4 Å². The molecule has 0 aromatic carbocycles. The van der Waals surface area contributed by atoms with Crippen molar-refractivity contribution in [2.45, 2.75) is 57.6 Å². The van der Waals surface area contributed by atoms with E-state index in [9.17, 15) is 4.79 Å². The number of thioether (sulfide) groups is 1. The highest BCUT2D eigenvalue weighted by Gasteiger charge is 2.40. The SMILES string of the molecule is CC(C)(C)OC(=O)N1CCN(C(N)=NCC2(N3CCSCC3)CCCC2)CC1.I. The van der Waals surface area contributed by atoms with Gasteiger partial charge in [-0.15, -0.1) is 24.0 Å². The van der Waals surface area contributed by atoms with Crippen LogP contribution in [-0.4, -0.2) is 95.2 Å². The molecule has 2 N–H and O–H groups in total. The number of piperazine rings is 1. The Morgan fingerprint density at radius 1 is 1.03 bits per heavy atom. The number of ether oxygens (including phenoxy) is 1. The molecule has 0 aromatic heterocycles. The molecule has 0 unspecified atom stereocenters. The first-order chi connectivity index (χ1) is 13.3. The molecule has 0 aromatic rings. The molecule has 168 valence electrons. The molecule has 1 saturated carbocycles. The zero-order chi connectivity index (χ0) is 20.2. The van der Waals surface area contributed by atoms with E-state index in [1.807, 2.05) is 20.8 Å². The Balaban J connectivity index is 0.00000300. The fourth-order valence-corrected chi connectivity index (χ4v) is 5.32. The van der Waals surface area contributed by atoms with Crippen molar-refractivity contribution in [3.8, 4) is 0 Å². The minimum Gasteiger partial charge on any atom is -0.444 e. The summed E-state index contributed by atoms with van der Waals surface area (Å²) in [5.41, 5.74) is 6.11. The minimum absolute atomic E-state index is 0. The lowest BCUT2D eigenvalue weighted by molar-refractivity contribution is 0.0186. The summed E-state index contributed by atoms with van der Waals surface area (Å²) in [6.07, 6.45) is 4.83.